The third-order valence-corrected chi connectivity index (χ3v) is 3.65. The standard InChI is InChI=1S/C17H19N5O2.C2H4O2/c1-12-2-3-13(8-15(12)24-7-4-18)17(23)21-10-14-9-20-16-11-19-5-6-22(14)16;1-2(3)4/h2-3,5-6,8-9,11H,4,7,10,18H2,1H3,(H,21,23);1H3,(H,3,4). The molecule has 0 aliphatic carbocycles. The van der Waals surface area contributed by atoms with E-state index in [1.165, 1.54) is 0 Å². The highest BCUT2D eigenvalue weighted by molar-refractivity contribution is 5.94. The molecule has 28 heavy (non-hydrogen) atoms. The second kappa shape index (κ2) is 10.0. The van der Waals surface area contributed by atoms with E-state index < -0.39 is 5.97 Å². The number of benzene rings is 1. The molecule has 148 valence electrons. The number of carbonyl (C=O) groups is 2. The number of aromatic nitrogens is 3. The van der Waals surface area contributed by atoms with Gasteiger partial charge in [-0.2, -0.15) is 0 Å². The van der Waals surface area contributed by atoms with Crippen LogP contribution in [-0.4, -0.2) is 44.5 Å². The molecule has 9 nitrogen and oxygen atoms in total. The van der Waals surface area contributed by atoms with Crippen molar-refractivity contribution in [2.24, 2.45) is 5.73 Å². The van der Waals surface area contributed by atoms with Gasteiger partial charge in [0.15, 0.2) is 5.65 Å². The van der Waals surface area contributed by atoms with Crippen molar-refractivity contribution in [1.82, 2.24) is 19.7 Å². The average molecular weight is 385 g/mol. The monoisotopic (exact) mass is 385 g/mol. The molecule has 0 radical (unpaired) electrons. The van der Waals surface area contributed by atoms with Crippen molar-refractivity contribution in [2.75, 3.05) is 13.2 Å². The Morgan fingerprint density at radius 3 is 2.79 bits per heavy atom. The first-order valence-electron chi connectivity index (χ1n) is 8.59. The second-order valence-electron chi connectivity index (χ2n) is 5.87. The molecule has 0 saturated carbocycles. The number of carboxylic acid groups (broad SMARTS) is 1. The molecule has 0 spiro atoms. The van der Waals surface area contributed by atoms with Gasteiger partial charge in [0.1, 0.15) is 12.4 Å². The van der Waals surface area contributed by atoms with Crippen molar-refractivity contribution in [3.8, 4) is 5.75 Å². The Hall–Kier alpha value is -3.46. The van der Waals surface area contributed by atoms with Crippen LogP contribution in [0.5, 0.6) is 5.75 Å². The molecule has 9 heteroatoms. The normalized spacial score (nSPS) is 10.1. The summed E-state index contributed by atoms with van der Waals surface area (Å²) in [5.41, 5.74) is 8.59. The third kappa shape index (κ3) is 5.78. The number of nitrogens with two attached hydrogens (primary N) is 1. The smallest absolute Gasteiger partial charge is 0.300 e. The van der Waals surface area contributed by atoms with Crippen molar-refractivity contribution in [1.29, 1.82) is 0 Å². The summed E-state index contributed by atoms with van der Waals surface area (Å²) in [5.74, 6) is -0.328. The Kier molecular flexibility index (Phi) is 7.46. The molecule has 3 aromatic rings. The van der Waals surface area contributed by atoms with Gasteiger partial charge in [0.2, 0.25) is 0 Å². The maximum absolute atomic E-state index is 12.4. The summed E-state index contributed by atoms with van der Waals surface area (Å²) in [7, 11) is 0. The Morgan fingerprint density at radius 2 is 2.07 bits per heavy atom. The highest BCUT2D eigenvalue weighted by Gasteiger charge is 2.10. The number of fused-ring (bicyclic) bond motifs is 1. The van der Waals surface area contributed by atoms with Crippen LogP contribution >= 0.6 is 0 Å². The number of nitrogens with one attached hydrogen (secondary N) is 1. The van der Waals surface area contributed by atoms with Gasteiger partial charge in [0, 0.05) is 31.4 Å². The number of amides is 1. The van der Waals surface area contributed by atoms with Crippen molar-refractivity contribution in [2.45, 2.75) is 20.4 Å². The number of ether oxygens (including phenoxy) is 1. The van der Waals surface area contributed by atoms with E-state index in [1.807, 2.05) is 23.6 Å². The minimum atomic E-state index is -0.833. The number of carboxylic acids is 1. The van der Waals surface area contributed by atoms with E-state index in [2.05, 4.69) is 15.3 Å². The van der Waals surface area contributed by atoms with Crippen LogP contribution in [0.25, 0.3) is 5.65 Å². The molecule has 2 aromatic heterocycles. The van der Waals surface area contributed by atoms with Gasteiger partial charge < -0.3 is 20.9 Å². The fourth-order valence-electron chi connectivity index (χ4n) is 2.36. The van der Waals surface area contributed by atoms with Crippen molar-refractivity contribution >= 4 is 17.5 Å². The summed E-state index contributed by atoms with van der Waals surface area (Å²) >= 11 is 0. The Labute approximate surface area is 162 Å². The predicted molar refractivity (Wildman–Crippen MR) is 103 cm³/mol. The molecule has 1 amide bonds. The summed E-state index contributed by atoms with van der Waals surface area (Å²) in [4.78, 5) is 29.6. The van der Waals surface area contributed by atoms with Gasteiger partial charge in [-0.25, -0.2) is 4.98 Å². The number of nitrogens with zero attached hydrogens (tertiary/aromatic N) is 3. The highest BCUT2D eigenvalue weighted by atomic mass is 16.5. The SMILES string of the molecule is CC(=O)O.Cc1ccc(C(=O)NCc2cnc3cnccn23)cc1OCCN. The van der Waals surface area contributed by atoms with Gasteiger partial charge in [-0.1, -0.05) is 6.07 Å². The van der Waals surface area contributed by atoms with Gasteiger partial charge in [-0.15, -0.1) is 0 Å². The van der Waals surface area contributed by atoms with Crippen LogP contribution in [0.1, 0.15) is 28.5 Å². The lowest BCUT2D eigenvalue weighted by atomic mass is 10.1. The summed E-state index contributed by atoms with van der Waals surface area (Å²) in [6, 6.07) is 5.37. The van der Waals surface area contributed by atoms with E-state index in [0.717, 1.165) is 23.8 Å². The zero-order valence-electron chi connectivity index (χ0n) is 15.8. The van der Waals surface area contributed by atoms with Crippen LogP contribution in [0, 0.1) is 6.92 Å². The Balaban J connectivity index is 0.000000640. The maximum Gasteiger partial charge on any atom is 0.300 e. The molecule has 0 unspecified atom stereocenters. The quantitative estimate of drug-likeness (QED) is 0.584. The fraction of sp³-hybridized carbons (Fsp3) is 0.263. The van der Waals surface area contributed by atoms with Crippen LogP contribution in [-0.2, 0) is 11.3 Å². The number of aliphatic carboxylic acids is 1. The first kappa shape index (κ1) is 20.8. The molecule has 3 rings (SSSR count). The van der Waals surface area contributed by atoms with Gasteiger partial charge in [-0.05, 0) is 24.6 Å². The third-order valence-electron chi connectivity index (χ3n) is 3.65. The van der Waals surface area contributed by atoms with Crippen molar-refractivity contribution in [3.05, 3.63) is 59.8 Å². The number of hydrogen-bond acceptors (Lipinski definition) is 6. The van der Waals surface area contributed by atoms with Gasteiger partial charge in [0.25, 0.3) is 11.9 Å². The van der Waals surface area contributed by atoms with Gasteiger partial charge in [0.05, 0.1) is 24.6 Å². The fourth-order valence-corrected chi connectivity index (χ4v) is 2.36. The number of aryl methyl sites for hydroxylation is 1. The van der Waals surface area contributed by atoms with E-state index in [0.29, 0.717) is 31.0 Å². The molecule has 0 bridgehead atoms. The highest BCUT2D eigenvalue weighted by Crippen LogP contribution is 2.19. The number of hydrogen-bond donors (Lipinski definition) is 3. The van der Waals surface area contributed by atoms with Crippen molar-refractivity contribution < 1.29 is 19.4 Å². The molecule has 1 aromatic carbocycles. The van der Waals surface area contributed by atoms with Crippen molar-refractivity contribution in [3.63, 3.8) is 0 Å². The minimum absolute atomic E-state index is 0.170. The molecule has 0 fully saturated rings. The van der Waals surface area contributed by atoms with Crippen LogP contribution in [0.4, 0.5) is 0 Å². The van der Waals surface area contributed by atoms with Crippen LogP contribution in [0.2, 0.25) is 0 Å². The molecule has 2 heterocycles. The van der Waals surface area contributed by atoms with E-state index in [1.54, 1.807) is 30.7 Å². The molecular weight excluding hydrogens is 362 g/mol. The minimum Gasteiger partial charge on any atom is -0.492 e. The van der Waals surface area contributed by atoms with Crippen LogP contribution in [0.3, 0.4) is 0 Å². The van der Waals surface area contributed by atoms with Crippen LogP contribution in [0.15, 0.2) is 43.0 Å². The second-order valence-corrected chi connectivity index (χ2v) is 5.87. The molecular formula is C19H23N5O4. The maximum atomic E-state index is 12.4. The predicted octanol–water partition coefficient (Wildman–Crippen LogP) is 1.40. The van der Waals surface area contributed by atoms with E-state index in [9.17, 15) is 4.79 Å². The molecule has 0 atom stereocenters. The lowest BCUT2D eigenvalue weighted by Gasteiger charge is -2.10. The zero-order chi connectivity index (χ0) is 20.5. The number of carbonyl (C=O) groups excluding carboxylic acids is 1. The lowest BCUT2D eigenvalue weighted by Crippen LogP contribution is -2.23. The zero-order valence-corrected chi connectivity index (χ0v) is 15.8. The summed E-state index contributed by atoms with van der Waals surface area (Å²) in [5, 5.41) is 10.3. The number of rotatable bonds is 6. The topological polar surface area (TPSA) is 132 Å². The molecule has 0 saturated heterocycles. The van der Waals surface area contributed by atoms with Gasteiger partial charge in [-0.3, -0.25) is 19.0 Å². The van der Waals surface area contributed by atoms with E-state index in [-0.39, 0.29) is 5.91 Å². The van der Waals surface area contributed by atoms with E-state index in [4.69, 9.17) is 20.4 Å². The first-order chi connectivity index (χ1) is 13.4. The Bertz CT molecular complexity index is 950. The summed E-state index contributed by atoms with van der Waals surface area (Å²) < 4.78 is 7.45. The molecule has 0 aliphatic rings. The Morgan fingerprint density at radius 1 is 1.32 bits per heavy atom. The largest absolute Gasteiger partial charge is 0.492 e. The van der Waals surface area contributed by atoms with Crippen LogP contribution < -0.4 is 15.8 Å². The summed E-state index contributed by atoms with van der Waals surface area (Å²) in [6.07, 6.45) is 6.89. The summed E-state index contributed by atoms with van der Waals surface area (Å²) in [6.45, 7) is 4.23. The average Bonchev–Trinajstić information content (AvgIpc) is 3.08. The molecule has 4 N–H and O–H groups in total. The number of imidazole rings is 1. The first-order valence-corrected chi connectivity index (χ1v) is 8.59. The van der Waals surface area contributed by atoms with E-state index >= 15 is 0 Å². The lowest BCUT2D eigenvalue weighted by molar-refractivity contribution is -0.134. The van der Waals surface area contributed by atoms with Gasteiger partial charge >= 0.3 is 0 Å². The molecule has 0 aliphatic heterocycles.